The van der Waals surface area contributed by atoms with E-state index in [2.05, 4.69) is 0 Å². The molecule has 0 amide bonds. The van der Waals surface area contributed by atoms with Gasteiger partial charge in [-0.15, -0.1) is 0 Å². The van der Waals surface area contributed by atoms with Crippen molar-refractivity contribution in [3.05, 3.63) is 41.5 Å². The van der Waals surface area contributed by atoms with Crippen LogP contribution in [0.4, 0.5) is 0 Å². The maximum atomic E-state index is 10.4. The van der Waals surface area contributed by atoms with Gasteiger partial charge in [0, 0.05) is 13.2 Å². The Morgan fingerprint density at radius 1 is 1.44 bits per heavy atom. The number of hydrogen-bond donors (Lipinski definition) is 1. The summed E-state index contributed by atoms with van der Waals surface area (Å²) in [5, 5.41) is 8.77. The molecule has 0 radical (unpaired) electrons. The van der Waals surface area contributed by atoms with Gasteiger partial charge >= 0.3 is 5.97 Å². The highest BCUT2D eigenvalue weighted by atomic mass is 35.5. The number of carbonyl (C=O) groups is 1. The Morgan fingerprint density at radius 2 is 2.06 bits per heavy atom. The molecule has 0 heterocycles. The summed E-state index contributed by atoms with van der Waals surface area (Å²) in [6.45, 7) is 0.665. The first-order chi connectivity index (χ1) is 7.63. The van der Waals surface area contributed by atoms with Crippen molar-refractivity contribution < 1.29 is 14.6 Å². The molecule has 0 bridgehead atoms. The molecule has 3 nitrogen and oxygen atoms in total. The van der Waals surface area contributed by atoms with E-state index in [1.54, 1.807) is 19.2 Å². The number of halogens is 1. The second-order valence-corrected chi connectivity index (χ2v) is 3.68. The number of methoxy groups -OCH3 is 1. The zero-order valence-electron chi connectivity index (χ0n) is 8.94. The molecule has 1 aromatic rings. The van der Waals surface area contributed by atoms with E-state index >= 15 is 0 Å². The standard InChI is InChI=1S/C12H13ClO3/c1-16-7-6-9-2-4-10(5-3-9)11(13)8-12(14)15/h2-5,8H,6-7H2,1H3,(H,14,15)/b11-8-. The maximum Gasteiger partial charge on any atom is 0.329 e. The fourth-order valence-corrected chi connectivity index (χ4v) is 1.46. The van der Waals surface area contributed by atoms with E-state index in [0.29, 0.717) is 12.2 Å². The minimum Gasteiger partial charge on any atom is -0.478 e. The normalized spacial score (nSPS) is 11.5. The Balaban J connectivity index is 2.74. The first kappa shape index (κ1) is 12.7. The fraction of sp³-hybridized carbons (Fsp3) is 0.250. The number of rotatable bonds is 5. The van der Waals surface area contributed by atoms with Crippen molar-refractivity contribution in [2.45, 2.75) is 6.42 Å². The van der Waals surface area contributed by atoms with Crippen molar-refractivity contribution in [2.24, 2.45) is 0 Å². The van der Waals surface area contributed by atoms with Crippen LogP contribution in [0.25, 0.3) is 5.03 Å². The molecular formula is C12H13ClO3. The Morgan fingerprint density at radius 3 is 2.56 bits per heavy atom. The quantitative estimate of drug-likeness (QED) is 0.805. The van der Waals surface area contributed by atoms with E-state index in [-0.39, 0.29) is 5.03 Å². The summed E-state index contributed by atoms with van der Waals surface area (Å²) in [6, 6.07) is 7.42. The van der Waals surface area contributed by atoms with Gasteiger partial charge in [0.2, 0.25) is 0 Å². The maximum absolute atomic E-state index is 10.4. The minimum absolute atomic E-state index is 0.228. The van der Waals surface area contributed by atoms with Crippen LogP contribution >= 0.6 is 11.6 Å². The highest BCUT2D eigenvalue weighted by molar-refractivity contribution is 6.50. The second kappa shape index (κ2) is 6.30. The summed E-state index contributed by atoms with van der Waals surface area (Å²) in [7, 11) is 1.65. The number of aliphatic carboxylic acids is 1. The summed E-state index contributed by atoms with van der Waals surface area (Å²) in [5.74, 6) is -1.05. The lowest BCUT2D eigenvalue weighted by Crippen LogP contribution is -1.94. The molecule has 1 rings (SSSR count). The van der Waals surface area contributed by atoms with Gasteiger partial charge in [-0.3, -0.25) is 0 Å². The van der Waals surface area contributed by atoms with Crippen molar-refractivity contribution in [3.8, 4) is 0 Å². The van der Waals surface area contributed by atoms with Gasteiger partial charge in [0.15, 0.2) is 0 Å². The van der Waals surface area contributed by atoms with E-state index < -0.39 is 5.97 Å². The lowest BCUT2D eigenvalue weighted by atomic mass is 10.1. The Bertz CT molecular complexity index is 382. The molecule has 0 aromatic heterocycles. The molecule has 0 fully saturated rings. The second-order valence-electron chi connectivity index (χ2n) is 3.27. The Labute approximate surface area is 99.3 Å². The summed E-state index contributed by atoms with van der Waals surface area (Å²) in [5.41, 5.74) is 1.83. The van der Waals surface area contributed by atoms with Gasteiger partial charge in [0.1, 0.15) is 0 Å². The van der Waals surface area contributed by atoms with Gasteiger partial charge in [0.05, 0.1) is 11.6 Å². The third kappa shape index (κ3) is 4.04. The van der Waals surface area contributed by atoms with Gasteiger partial charge in [-0.25, -0.2) is 4.79 Å². The van der Waals surface area contributed by atoms with Gasteiger partial charge < -0.3 is 9.84 Å². The van der Waals surface area contributed by atoms with Crippen LogP contribution in [0.15, 0.2) is 30.3 Å². The topological polar surface area (TPSA) is 46.5 Å². The van der Waals surface area contributed by atoms with Gasteiger partial charge in [0.25, 0.3) is 0 Å². The molecule has 0 saturated carbocycles. The van der Waals surface area contributed by atoms with Crippen LogP contribution in [-0.4, -0.2) is 24.8 Å². The van der Waals surface area contributed by atoms with Crippen LogP contribution in [0, 0.1) is 0 Å². The molecule has 4 heteroatoms. The molecule has 0 aliphatic rings. The van der Waals surface area contributed by atoms with Crippen molar-refractivity contribution >= 4 is 22.6 Å². The first-order valence-electron chi connectivity index (χ1n) is 4.82. The average Bonchev–Trinajstić information content (AvgIpc) is 2.26. The van der Waals surface area contributed by atoms with E-state index in [4.69, 9.17) is 21.4 Å². The van der Waals surface area contributed by atoms with E-state index in [9.17, 15) is 4.79 Å². The summed E-state index contributed by atoms with van der Waals surface area (Å²) in [4.78, 5) is 10.4. The minimum atomic E-state index is -1.05. The van der Waals surface area contributed by atoms with Crippen LogP contribution < -0.4 is 0 Å². The lowest BCUT2D eigenvalue weighted by molar-refractivity contribution is -0.131. The van der Waals surface area contributed by atoms with Crippen LogP contribution in [0.5, 0.6) is 0 Å². The average molecular weight is 241 g/mol. The third-order valence-corrected chi connectivity index (χ3v) is 2.40. The molecule has 0 unspecified atom stereocenters. The number of benzene rings is 1. The predicted molar refractivity (Wildman–Crippen MR) is 63.5 cm³/mol. The van der Waals surface area contributed by atoms with Gasteiger partial charge in [-0.1, -0.05) is 35.9 Å². The zero-order chi connectivity index (χ0) is 12.0. The molecule has 0 aliphatic carbocycles. The molecule has 1 aromatic carbocycles. The third-order valence-electron chi connectivity index (χ3n) is 2.07. The fourth-order valence-electron chi connectivity index (χ4n) is 1.24. The summed E-state index contributed by atoms with van der Waals surface area (Å²) >= 11 is 5.81. The molecular weight excluding hydrogens is 228 g/mol. The summed E-state index contributed by atoms with van der Waals surface area (Å²) < 4.78 is 4.96. The molecule has 0 saturated heterocycles. The molecule has 0 aliphatic heterocycles. The largest absolute Gasteiger partial charge is 0.478 e. The number of hydrogen-bond acceptors (Lipinski definition) is 2. The van der Waals surface area contributed by atoms with Crippen molar-refractivity contribution in [1.29, 1.82) is 0 Å². The smallest absolute Gasteiger partial charge is 0.329 e. The first-order valence-corrected chi connectivity index (χ1v) is 5.19. The molecule has 0 spiro atoms. The van der Waals surface area contributed by atoms with E-state index in [1.807, 2.05) is 12.1 Å². The van der Waals surface area contributed by atoms with Crippen LogP contribution in [0.1, 0.15) is 11.1 Å². The van der Waals surface area contributed by atoms with Crippen LogP contribution in [-0.2, 0) is 16.0 Å². The Hall–Kier alpha value is -1.32. The number of ether oxygens (including phenoxy) is 1. The molecule has 86 valence electrons. The van der Waals surface area contributed by atoms with Crippen LogP contribution in [0.2, 0.25) is 0 Å². The Kier molecular flexibility index (Phi) is 5.02. The van der Waals surface area contributed by atoms with E-state index in [0.717, 1.165) is 18.1 Å². The molecule has 0 atom stereocenters. The molecule has 16 heavy (non-hydrogen) atoms. The SMILES string of the molecule is COCCc1ccc(/C(Cl)=C/C(=O)O)cc1. The van der Waals surface area contributed by atoms with Crippen molar-refractivity contribution in [2.75, 3.05) is 13.7 Å². The van der Waals surface area contributed by atoms with Crippen LogP contribution in [0.3, 0.4) is 0 Å². The lowest BCUT2D eigenvalue weighted by Gasteiger charge is -2.02. The number of carboxylic acid groups (broad SMARTS) is 1. The highest BCUT2D eigenvalue weighted by Crippen LogP contribution is 2.19. The monoisotopic (exact) mass is 240 g/mol. The molecule has 1 N–H and O–H groups in total. The van der Waals surface area contributed by atoms with Crippen molar-refractivity contribution in [3.63, 3.8) is 0 Å². The van der Waals surface area contributed by atoms with E-state index in [1.165, 1.54) is 0 Å². The summed E-state index contributed by atoms with van der Waals surface area (Å²) in [6.07, 6.45) is 1.81. The zero-order valence-corrected chi connectivity index (χ0v) is 9.70. The van der Waals surface area contributed by atoms with Gasteiger partial charge in [-0.2, -0.15) is 0 Å². The number of carboxylic acids is 1. The van der Waals surface area contributed by atoms with Crippen molar-refractivity contribution in [1.82, 2.24) is 0 Å². The predicted octanol–water partition coefficient (Wildman–Crippen LogP) is 2.54. The highest BCUT2D eigenvalue weighted by Gasteiger charge is 2.01. The van der Waals surface area contributed by atoms with Gasteiger partial charge in [-0.05, 0) is 17.5 Å².